The van der Waals surface area contributed by atoms with Crippen LogP contribution in [0.5, 0.6) is 0 Å². The highest BCUT2D eigenvalue weighted by Gasteiger charge is 2.11. The molecule has 0 radical (unpaired) electrons. The zero-order valence-electron chi connectivity index (χ0n) is 11.5. The van der Waals surface area contributed by atoms with E-state index in [1.165, 1.54) is 6.92 Å². The van der Waals surface area contributed by atoms with Gasteiger partial charge in [-0.25, -0.2) is 4.79 Å². The lowest BCUT2D eigenvalue weighted by Gasteiger charge is -2.04. The number of nitrogens with zero attached hydrogens (tertiary/aromatic N) is 1. The van der Waals surface area contributed by atoms with Gasteiger partial charge in [0.15, 0.2) is 11.5 Å². The van der Waals surface area contributed by atoms with Crippen LogP contribution in [0.3, 0.4) is 0 Å². The van der Waals surface area contributed by atoms with Crippen LogP contribution in [-0.2, 0) is 17.8 Å². The fraction of sp³-hybridized carbons (Fsp3) is 0.267. The first kappa shape index (κ1) is 14.0. The zero-order valence-corrected chi connectivity index (χ0v) is 11.5. The molecule has 1 heterocycles. The molecule has 0 fully saturated rings. The van der Waals surface area contributed by atoms with Crippen molar-refractivity contribution in [3.63, 3.8) is 0 Å². The molecule has 1 aromatic heterocycles. The molecule has 104 valence electrons. The second-order valence-corrected chi connectivity index (χ2v) is 4.46. The molecule has 0 amide bonds. The average Bonchev–Trinajstić information content (AvgIpc) is 2.94. The average molecular weight is 272 g/mol. The quantitative estimate of drug-likeness (QED) is 0.670. The normalized spacial score (nSPS) is 10.3. The van der Waals surface area contributed by atoms with Gasteiger partial charge in [0.25, 0.3) is 0 Å². The maximum absolute atomic E-state index is 11.8. The van der Waals surface area contributed by atoms with Crippen LogP contribution in [0.15, 0.2) is 30.3 Å². The van der Waals surface area contributed by atoms with Crippen molar-refractivity contribution in [3.05, 3.63) is 52.8 Å². The Morgan fingerprint density at radius 1 is 1.30 bits per heavy atom. The Morgan fingerprint density at radius 3 is 2.75 bits per heavy atom. The number of rotatable bonds is 5. The standard InChI is InChI=1S/C15H16N2O3/c1-3-13-8-14(17-16-13)15(19)20-9-11-5-4-6-12(7-11)10(2)18/h4-8H,3,9H2,1-2H3,(H,16,17). The van der Waals surface area contributed by atoms with Gasteiger partial charge in [0.05, 0.1) is 0 Å². The molecule has 1 aromatic carbocycles. The molecule has 2 aromatic rings. The SMILES string of the molecule is CCc1cc(C(=O)OCc2cccc(C(C)=O)c2)n[nH]1. The first-order valence-corrected chi connectivity index (χ1v) is 6.41. The minimum atomic E-state index is -0.478. The van der Waals surface area contributed by atoms with Gasteiger partial charge in [-0.3, -0.25) is 9.89 Å². The van der Waals surface area contributed by atoms with Crippen molar-refractivity contribution in [2.24, 2.45) is 0 Å². The third-order valence-corrected chi connectivity index (χ3v) is 2.92. The minimum absolute atomic E-state index is 0.0157. The number of H-pyrrole nitrogens is 1. The molecule has 0 aliphatic carbocycles. The third kappa shape index (κ3) is 3.32. The summed E-state index contributed by atoms with van der Waals surface area (Å²) in [5.74, 6) is -0.493. The molecule has 20 heavy (non-hydrogen) atoms. The number of carbonyl (C=O) groups is 2. The third-order valence-electron chi connectivity index (χ3n) is 2.92. The van der Waals surface area contributed by atoms with E-state index in [2.05, 4.69) is 10.2 Å². The van der Waals surface area contributed by atoms with Crippen molar-refractivity contribution in [2.75, 3.05) is 0 Å². The fourth-order valence-electron chi connectivity index (χ4n) is 1.75. The highest BCUT2D eigenvalue weighted by molar-refractivity contribution is 5.94. The molecule has 0 saturated heterocycles. The van der Waals surface area contributed by atoms with E-state index in [1.54, 1.807) is 24.3 Å². The van der Waals surface area contributed by atoms with Crippen LogP contribution in [-0.4, -0.2) is 21.9 Å². The van der Waals surface area contributed by atoms with Crippen molar-refractivity contribution < 1.29 is 14.3 Å². The summed E-state index contributed by atoms with van der Waals surface area (Å²) < 4.78 is 5.17. The smallest absolute Gasteiger partial charge is 0.359 e. The van der Waals surface area contributed by atoms with Crippen LogP contribution in [0.25, 0.3) is 0 Å². The highest BCUT2D eigenvalue weighted by Crippen LogP contribution is 2.09. The summed E-state index contributed by atoms with van der Waals surface area (Å²) in [6.07, 6.45) is 0.779. The highest BCUT2D eigenvalue weighted by atomic mass is 16.5. The van der Waals surface area contributed by atoms with Crippen LogP contribution in [0.4, 0.5) is 0 Å². The van der Waals surface area contributed by atoms with Gasteiger partial charge in [-0.15, -0.1) is 0 Å². The second-order valence-electron chi connectivity index (χ2n) is 4.46. The van der Waals surface area contributed by atoms with Gasteiger partial charge < -0.3 is 4.74 Å². The summed E-state index contributed by atoms with van der Waals surface area (Å²) in [6, 6.07) is 8.70. The molecule has 0 bridgehead atoms. The fourth-order valence-corrected chi connectivity index (χ4v) is 1.75. The van der Waals surface area contributed by atoms with Crippen LogP contribution in [0, 0.1) is 0 Å². The Balaban J connectivity index is 1.99. The summed E-state index contributed by atoms with van der Waals surface area (Å²) >= 11 is 0. The lowest BCUT2D eigenvalue weighted by molar-refractivity contribution is 0.0465. The predicted octanol–water partition coefficient (Wildman–Crippen LogP) is 2.53. The molecule has 1 N–H and O–H groups in total. The van der Waals surface area contributed by atoms with Crippen molar-refractivity contribution in [2.45, 2.75) is 26.9 Å². The van der Waals surface area contributed by atoms with E-state index in [9.17, 15) is 9.59 Å². The van der Waals surface area contributed by atoms with Crippen molar-refractivity contribution in [3.8, 4) is 0 Å². The maximum atomic E-state index is 11.8. The monoisotopic (exact) mass is 272 g/mol. The molecule has 5 nitrogen and oxygen atoms in total. The molecule has 0 atom stereocenters. The number of ketones is 1. The number of nitrogens with one attached hydrogen (secondary N) is 1. The number of carbonyl (C=O) groups excluding carboxylic acids is 2. The Hall–Kier alpha value is -2.43. The Morgan fingerprint density at radius 2 is 2.10 bits per heavy atom. The van der Waals surface area contributed by atoms with E-state index >= 15 is 0 Å². The number of hydrogen-bond donors (Lipinski definition) is 1. The largest absolute Gasteiger partial charge is 0.456 e. The lowest BCUT2D eigenvalue weighted by atomic mass is 10.1. The molecular formula is C15H16N2O3. The van der Waals surface area contributed by atoms with Crippen LogP contribution in [0.1, 0.15) is 46.0 Å². The van der Waals surface area contributed by atoms with Gasteiger partial charge in [-0.2, -0.15) is 5.10 Å². The number of aromatic nitrogens is 2. The van der Waals surface area contributed by atoms with Crippen molar-refractivity contribution >= 4 is 11.8 Å². The van der Waals surface area contributed by atoms with Crippen LogP contribution in [0.2, 0.25) is 0 Å². The first-order chi connectivity index (χ1) is 9.60. The number of aryl methyl sites for hydroxylation is 1. The molecule has 0 spiro atoms. The van der Waals surface area contributed by atoms with E-state index < -0.39 is 5.97 Å². The van der Waals surface area contributed by atoms with Crippen LogP contribution >= 0.6 is 0 Å². The Labute approximate surface area is 117 Å². The molecule has 0 saturated carbocycles. The van der Waals surface area contributed by atoms with Crippen molar-refractivity contribution in [1.29, 1.82) is 0 Å². The predicted molar refractivity (Wildman–Crippen MR) is 73.5 cm³/mol. The van der Waals surface area contributed by atoms with Gasteiger partial charge in [0.1, 0.15) is 6.61 Å². The van der Waals surface area contributed by atoms with E-state index in [1.807, 2.05) is 13.0 Å². The Bertz CT molecular complexity index is 632. The van der Waals surface area contributed by atoms with Gasteiger partial charge >= 0.3 is 5.97 Å². The molecular weight excluding hydrogens is 256 g/mol. The molecule has 0 aliphatic heterocycles. The van der Waals surface area contributed by atoms with E-state index in [0.29, 0.717) is 5.56 Å². The van der Waals surface area contributed by atoms with Gasteiger partial charge in [-0.1, -0.05) is 25.1 Å². The maximum Gasteiger partial charge on any atom is 0.359 e. The second kappa shape index (κ2) is 6.14. The summed E-state index contributed by atoms with van der Waals surface area (Å²) in [4.78, 5) is 23.1. The molecule has 0 unspecified atom stereocenters. The molecule has 0 aliphatic rings. The summed E-state index contributed by atoms with van der Waals surface area (Å²) in [5.41, 5.74) is 2.53. The van der Waals surface area contributed by atoms with Gasteiger partial charge in [-0.05, 0) is 31.0 Å². The van der Waals surface area contributed by atoms with E-state index in [4.69, 9.17) is 4.74 Å². The van der Waals surface area contributed by atoms with Crippen molar-refractivity contribution in [1.82, 2.24) is 10.2 Å². The van der Waals surface area contributed by atoms with E-state index in [-0.39, 0.29) is 18.1 Å². The number of Topliss-reactive ketones (excluding diaryl/α,β-unsaturated/α-hetero) is 1. The molecule has 5 heteroatoms. The van der Waals surface area contributed by atoms with Gasteiger partial charge in [0.2, 0.25) is 0 Å². The first-order valence-electron chi connectivity index (χ1n) is 6.41. The van der Waals surface area contributed by atoms with Gasteiger partial charge in [0, 0.05) is 11.3 Å². The summed E-state index contributed by atoms with van der Waals surface area (Å²) in [6.45, 7) is 3.59. The Kier molecular flexibility index (Phi) is 4.30. The summed E-state index contributed by atoms with van der Waals surface area (Å²) in [5, 5.41) is 6.65. The summed E-state index contributed by atoms with van der Waals surface area (Å²) in [7, 11) is 0. The molecule has 2 rings (SSSR count). The van der Waals surface area contributed by atoms with Crippen LogP contribution < -0.4 is 0 Å². The number of benzene rings is 1. The number of ether oxygens (including phenoxy) is 1. The number of esters is 1. The van der Waals surface area contributed by atoms with E-state index in [0.717, 1.165) is 17.7 Å². The minimum Gasteiger partial charge on any atom is -0.456 e. The lowest BCUT2D eigenvalue weighted by Crippen LogP contribution is -2.06. The number of aromatic amines is 1. The topological polar surface area (TPSA) is 72.1 Å². The number of hydrogen-bond acceptors (Lipinski definition) is 4. The zero-order chi connectivity index (χ0) is 14.5.